The van der Waals surface area contributed by atoms with Crippen molar-refractivity contribution >= 4 is 28.0 Å². The molecule has 0 amide bonds. The monoisotopic (exact) mass is 290 g/mol. The zero-order valence-electron chi connectivity index (χ0n) is 11.5. The highest BCUT2D eigenvalue weighted by Gasteiger charge is 2.11. The molecule has 21 heavy (non-hydrogen) atoms. The number of thiocarbonyl (C=S) groups is 1. The zero-order chi connectivity index (χ0) is 14.7. The summed E-state index contributed by atoms with van der Waals surface area (Å²) in [5.41, 5.74) is 2.16. The second kappa shape index (κ2) is 5.90. The fourth-order valence-electron chi connectivity index (χ4n) is 2.39. The van der Waals surface area contributed by atoms with Crippen LogP contribution in [0, 0.1) is 0 Å². The molecule has 2 heteroatoms. The van der Waals surface area contributed by atoms with Crippen molar-refractivity contribution in [1.82, 2.24) is 0 Å². The third-order valence-electron chi connectivity index (χ3n) is 3.33. The first-order chi connectivity index (χ1) is 10.3. The minimum absolute atomic E-state index is 0.377. The molecule has 0 saturated carbocycles. The average molecular weight is 290 g/mol. The van der Waals surface area contributed by atoms with E-state index in [2.05, 4.69) is 30.8 Å². The van der Waals surface area contributed by atoms with Crippen LogP contribution in [0.2, 0.25) is 0 Å². The largest absolute Gasteiger partial charge is 0.445 e. The maximum Gasteiger partial charge on any atom is 0.190 e. The lowest BCUT2D eigenvalue weighted by atomic mass is 9.97. The number of ether oxygens (including phenoxy) is 1. The lowest BCUT2D eigenvalue weighted by molar-refractivity contribution is 0.572. The van der Waals surface area contributed by atoms with Gasteiger partial charge in [-0.15, -0.1) is 0 Å². The van der Waals surface area contributed by atoms with Gasteiger partial charge in [0.15, 0.2) is 5.05 Å². The van der Waals surface area contributed by atoms with Crippen LogP contribution in [0.4, 0.5) is 0 Å². The van der Waals surface area contributed by atoms with Crippen LogP contribution >= 0.6 is 12.2 Å². The SMILES string of the molecule is C=CC(=S)Oc1ccc2ccccc2c1-c1ccccc1. The summed E-state index contributed by atoms with van der Waals surface area (Å²) in [4.78, 5) is 0. The maximum absolute atomic E-state index is 5.77. The summed E-state index contributed by atoms with van der Waals surface area (Å²) in [5, 5.41) is 2.70. The highest BCUT2D eigenvalue weighted by atomic mass is 32.1. The molecule has 0 atom stereocenters. The summed E-state index contributed by atoms with van der Waals surface area (Å²) in [6, 6.07) is 22.5. The molecule has 0 bridgehead atoms. The molecule has 0 aliphatic carbocycles. The minimum Gasteiger partial charge on any atom is -0.445 e. The average Bonchev–Trinajstić information content (AvgIpc) is 2.55. The van der Waals surface area contributed by atoms with Crippen molar-refractivity contribution < 1.29 is 4.74 Å². The predicted molar refractivity (Wildman–Crippen MR) is 92.8 cm³/mol. The van der Waals surface area contributed by atoms with Crippen molar-refractivity contribution in [1.29, 1.82) is 0 Å². The molecular formula is C19H14OS. The molecule has 0 fully saturated rings. The van der Waals surface area contributed by atoms with Gasteiger partial charge >= 0.3 is 0 Å². The van der Waals surface area contributed by atoms with E-state index in [-0.39, 0.29) is 0 Å². The Morgan fingerprint density at radius 1 is 0.905 bits per heavy atom. The van der Waals surface area contributed by atoms with Crippen molar-refractivity contribution in [2.24, 2.45) is 0 Å². The van der Waals surface area contributed by atoms with E-state index in [4.69, 9.17) is 17.0 Å². The Kier molecular flexibility index (Phi) is 3.80. The molecule has 3 rings (SSSR count). The van der Waals surface area contributed by atoms with E-state index in [1.54, 1.807) is 6.08 Å². The van der Waals surface area contributed by atoms with Crippen LogP contribution in [-0.4, -0.2) is 5.05 Å². The molecule has 0 spiro atoms. The Balaban J connectivity index is 2.28. The summed E-state index contributed by atoms with van der Waals surface area (Å²) in [6.07, 6.45) is 1.54. The zero-order valence-corrected chi connectivity index (χ0v) is 12.3. The van der Waals surface area contributed by atoms with Gasteiger partial charge in [0, 0.05) is 5.56 Å². The second-order valence-corrected chi connectivity index (χ2v) is 5.05. The summed E-state index contributed by atoms with van der Waals surface area (Å²) in [6.45, 7) is 3.66. The first-order valence-electron chi connectivity index (χ1n) is 6.71. The quantitative estimate of drug-likeness (QED) is 0.472. The van der Waals surface area contributed by atoms with E-state index in [0.29, 0.717) is 5.05 Å². The van der Waals surface area contributed by atoms with Crippen LogP contribution in [-0.2, 0) is 0 Å². The first-order valence-corrected chi connectivity index (χ1v) is 7.12. The van der Waals surface area contributed by atoms with Gasteiger partial charge in [0.1, 0.15) is 5.75 Å². The Hall–Kier alpha value is -2.45. The van der Waals surface area contributed by atoms with E-state index in [0.717, 1.165) is 22.3 Å². The maximum atomic E-state index is 5.77. The number of hydrogen-bond acceptors (Lipinski definition) is 2. The smallest absolute Gasteiger partial charge is 0.190 e. The summed E-state index contributed by atoms with van der Waals surface area (Å²) in [7, 11) is 0. The number of hydrogen-bond donors (Lipinski definition) is 0. The summed E-state index contributed by atoms with van der Waals surface area (Å²) in [5.74, 6) is 0.754. The van der Waals surface area contributed by atoms with Crippen LogP contribution in [0.1, 0.15) is 0 Å². The molecule has 0 radical (unpaired) electrons. The van der Waals surface area contributed by atoms with Crippen molar-refractivity contribution in [3.8, 4) is 16.9 Å². The van der Waals surface area contributed by atoms with Gasteiger partial charge in [0.05, 0.1) is 0 Å². The van der Waals surface area contributed by atoms with Gasteiger partial charge < -0.3 is 4.74 Å². The van der Waals surface area contributed by atoms with Crippen LogP contribution in [0.25, 0.3) is 21.9 Å². The van der Waals surface area contributed by atoms with Gasteiger partial charge in [-0.1, -0.05) is 67.2 Å². The molecule has 0 unspecified atom stereocenters. The minimum atomic E-state index is 0.377. The Labute approximate surface area is 129 Å². The van der Waals surface area contributed by atoms with E-state index in [1.165, 1.54) is 5.39 Å². The van der Waals surface area contributed by atoms with Gasteiger partial charge in [-0.25, -0.2) is 0 Å². The molecular weight excluding hydrogens is 276 g/mol. The van der Waals surface area contributed by atoms with Gasteiger partial charge in [-0.3, -0.25) is 0 Å². The number of fused-ring (bicyclic) bond motifs is 1. The Morgan fingerprint density at radius 3 is 2.38 bits per heavy atom. The summed E-state index contributed by atoms with van der Waals surface area (Å²) >= 11 is 5.13. The summed E-state index contributed by atoms with van der Waals surface area (Å²) < 4.78 is 5.77. The molecule has 1 nitrogen and oxygen atoms in total. The molecule has 0 saturated heterocycles. The van der Waals surface area contributed by atoms with Crippen molar-refractivity contribution in [3.63, 3.8) is 0 Å². The van der Waals surface area contributed by atoms with Gasteiger partial charge in [0.25, 0.3) is 0 Å². The molecule has 0 aliphatic heterocycles. The first kappa shape index (κ1) is 13.5. The normalized spacial score (nSPS) is 10.3. The molecule has 102 valence electrons. The molecule has 3 aromatic rings. The number of rotatable bonds is 3. The lowest BCUT2D eigenvalue weighted by Crippen LogP contribution is -2.02. The van der Waals surface area contributed by atoms with E-state index < -0.39 is 0 Å². The fourth-order valence-corrected chi connectivity index (χ4v) is 2.48. The molecule has 0 aromatic heterocycles. The fraction of sp³-hybridized carbons (Fsp3) is 0. The number of benzene rings is 3. The van der Waals surface area contributed by atoms with Crippen LogP contribution in [0.15, 0.2) is 79.4 Å². The lowest BCUT2D eigenvalue weighted by Gasteiger charge is -2.13. The van der Waals surface area contributed by atoms with Crippen molar-refractivity contribution in [2.75, 3.05) is 0 Å². The van der Waals surface area contributed by atoms with Gasteiger partial charge in [-0.05, 0) is 40.7 Å². The van der Waals surface area contributed by atoms with E-state index in [9.17, 15) is 0 Å². The van der Waals surface area contributed by atoms with E-state index >= 15 is 0 Å². The Bertz CT molecular complexity index is 806. The molecule has 3 aromatic carbocycles. The molecule has 0 heterocycles. The molecule has 0 aliphatic rings. The topological polar surface area (TPSA) is 9.23 Å². The standard InChI is InChI=1S/C19H14OS/c1-2-18(21)20-17-13-12-14-8-6-7-11-16(14)19(17)15-9-4-3-5-10-15/h2-13H,1H2. The third-order valence-corrected chi connectivity index (χ3v) is 3.58. The second-order valence-electron chi connectivity index (χ2n) is 4.65. The van der Waals surface area contributed by atoms with Crippen molar-refractivity contribution in [2.45, 2.75) is 0 Å². The Morgan fingerprint density at radius 2 is 1.62 bits per heavy atom. The van der Waals surface area contributed by atoms with Crippen LogP contribution in [0.5, 0.6) is 5.75 Å². The van der Waals surface area contributed by atoms with E-state index in [1.807, 2.05) is 42.5 Å². The highest BCUT2D eigenvalue weighted by Crippen LogP contribution is 2.37. The third kappa shape index (κ3) is 2.71. The van der Waals surface area contributed by atoms with Crippen LogP contribution in [0.3, 0.4) is 0 Å². The van der Waals surface area contributed by atoms with Gasteiger partial charge in [0.2, 0.25) is 0 Å². The van der Waals surface area contributed by atoms with Gasteiger partial charge in [-0.2, -0.15) is 0 Å². The molecule has 0 N–H and O–H groups in total. The highest BCUT2D eigenvalue weighted by molar-refractivity contribution is 7.80. The van der Waals surface area contributed by atoms with Crippen molar-refractivity contribution in [3.05, 3.63) is 79.4 Å². The van der Waals surface area contributed by atoms with Crippen LogP contribution < -0.4 is 4.74 Å². The predicted octanol–water partition coefficient (Wildman–Crippen LogP) is 5.40.